The lowest BCUT2D eigenvalue weighted by atomic mass is 10.1. The fourth-order valence-corrected chi connectivity index (χ4v) is 2.27. The van der Waals surface area contributed by atoms with Crippen molar-refractivity contribution >= 4 is 10.8 Å². The van der Waals surface area contributed by atoms with Crippen LogP contribution in [-0.4, -0.2) is 21.8 Å². The van der Waals surface area contributed by atoms with Gasteiger partial charge in [-0.05, 0) is 19.3 Å². The van der Waals surface area contributed by atoms with Crippen molar-refractivity contribution in [2.75, 3.05) is 11.5 Å². The van der Waals surface area contributed by atoms with Gasteiger partial charge in [0.25, 0.3) is 0 Å². The lowest BCUT2D eigenvalue weighted by Crippen LogP contribution is -2.24. The fourth-order valence-electron chi connectivity index (χ4n) is 1.03. The summed E-state index contributed by atoms with van der Waals surface area (Å²) in [6, 6.07) is 0.0740. The van der Waals surface area contributed by atoms with Crippen molar-refractivity contribution in [1.29, 1.82) is 0 Å². The molecule has 0 amide bonds. The zero-order valence-electron chi connectivity index (χ0n) is 8.38. The van der Waals surface area contributed by atoms with Gasteiger partial charge in [-0.25, -0.2) is 0 Å². The molecule has 0 aromatic heterocycles. The Bertz CT molecular complexity index is 134. The van der Waals surface area contributed by atoms with Crippen LogP contribution >= 0.6 is 0 Å². The number of nitrogens with two attached hydrogens (primary N) is 1. The van der Waals surface area contributed by atoms with E-state index >= 15 is 0 Å². The first-order valence-corrected chi connectivity index (χ1v) is 6.11. The number of rotatable bonds is 6. The lowest BCUT2D eigenvalue weighted by molar-refractivity contribution is 0.575. The Morgan fingerprint density at radius 3 is 2.33 bits per heavy atom. The van der Waals surface area contributed by atoms with E-state index in [0.29, 0.717) is 5.75 Å². The smallest absolute Gasteiger partial charge is 0.0383 e. The summed E-state index contributed by atoms with van der Waals surface area (Å²) < 4.78 is 11.3. The molecule has 0 saturated carbocycles. The molecule has 2 N–H and O–H groups in total. The van der Waals surface area contributed by atoms with Gasteiger partial charge in [0.2, 0.25) is 0 Å². The van der Waals surface area contributed by atoms with Gasteiger partial charge in [-0.2, -0.15) is 0 Å². The Balaban J connectivity index is 3.32. The zero-order chi connectivity index (χ0) is 9.56. The van der Waals surface area contributed by atoms with Crippen molar-refractivity contribution in [2.45, 2.75) is 39.7 Å². The topological polar surface area (TPSA) is 43.1 Å². The maximum atomic E-state index is 11.3. The molecular weight excluding hydrogens is 170 g/mol. The Labute approximate surface area is 78.4 Å². The quantitative estimate of drug-likeness (QED) is 0.691. The minimum Gasteiger partial charge on any atom is -0.327 e. The molecule has 2 atom stereocenters. The van der Waals surface area contributed by atoms with E-state index in [0.717, 1.165) is 18.1 Å². The Kier molecular flexibility index (Phi) is 6.67. The predicted molar refractivity (Wildman–Crippen MR) is 55.6 cm³/mol. The van der Waals surface area contributed by atoms with Gasteiger partial charge in [0.1, 0.15) is 0 Å². The highest BCUT2D eigenvalue weighted by Gasteiger charge is 2.03. The molecule has 12 heavy (non-hydrogen) atoms. The van der Waals surface area contributed by atoms with Crippen LogP contribution in [0.2, 0.25) is 0 Å². The number of hydrogen-bond donors (Lipinski definition) is 1. The molecular formula is C9H21NOS. The molecule has 0 heterocycles. The van der Waals surface area contributed by atoms with Gasteiger partial charge >= 0.3 is 0 Å². The molecule has 74 valence electrons. The SMILES string of the molecule is CC(C)CCCS(=O)CC(C)N. The van der Waals surface area contributed by atoms with E-state index in [1.54, 1.807) is 0 Å². The highest BCUT2D eigenvalue weighted by molar-refractivity contribution is 7.85. The second kappa shape index (κ2) is 6.61. The van der Waals surface area contributed by atoms with E-state index in [1.807, 2.05) is 6.92 Å². The van der Waals surface area contributed by atoms with Crippen LogP contribution in [0.3, 0.4) is 0 Å². The van der Waals surface area contributed by atoms with Crippen molar-refractivity contribution in [2.24, 2.45) is 11.7 Å². The third-order valence-corrected chi connectivity index (χ3v) is 3.24. The van der Waals surface area contributed by atoms with Crippen molar-refractivity contribution in [1.82, 2.24) is 0 Å². The first-order chi connectivity index (χ1) is 5.52. The molecule has 0 aliphatic heterocycles. The van der Waals surface area contributed by atoms with Gasteiger partial charge in [-0.15, -0.1) is 0 Å². The fraction of sp³-hybridized carbons (Fsp3) is 1.00. The Morgan fingerprint density at radius 2 is 1.92 bits per heavy atom. The maximum Gasteiger partial charge on any atom is 0.0383 e. The number of hydrogen-bond acceptors (Lipinski definition) is 2. The summed E-state index contributed by atoms with van der Waals surface area (Å²) in [6.45, 7) is 6.28. The van der Waals surface area contributed by atoms with Gasteiger partial charge < -0.3 is 5.73 Å². The third kappa shape index (κ3) is 8.21. The maximum absolute atomic E-state index is 11.3. The molecule has 3 heteroatoms. The van der Waals surface area contributed by atoms with E-state index < -0.39 is 10.8 Å². The lowest BCUT2D eigenvalue weighted by Gasteiger charge is -2.06. The first kappa shape index (κ1) is 12.1. The summed E-state index contributed by atoms with van der Waals surface area (Å²) in [5.41, 5.74) is 5.53. The van der Waals surface area contributed by atoms with Crippen LogP contribution in [-0.2, 0) is 10.8 Å². The Hall–Kier alpha value is 0.110. The van der Waals surface area contributed by atoms with E-state index in [-0.39, 0.29) is 6.04 Å². The molecule has 0 aromatic rings. The Morgan fingerprint density at radius 1 is 1.33 bits per heavy atom. The standard InChI is InChI=1S/C9H21NOS/c1-8(2)5-4-6-12(11)7-9(3)10/h8-9H,4-7,10H2,1-3H3. The van der Waals surface area contributed by atoms with Crippen molar-refractivity contribution in [3.63, 3.8) is 0 Å². The predicted octanol–water partition coefficient (Wildman–Crippen LogP) is 1.52. The average Bonchev–Trinajstić information content (AvgIpc) is 1.84. The van der Waals surface area contributed by atoms with Crippen LogP contribution in [0, 0.1) is 5.92 Å². The molecule has 2 nitrogen and oxygen atoms in total. The van der Waals surface area contributed by atoms with Crippen molar-refractivity contribution in [3.8, 4) is 0 Å². The summed E-state index contributed by atoms with van der Waals surface area (Å²) in [4.78, 5) is 0. The molecule has 0 saturated heterocycles. The summed E-state index contributed by atoms with van der Waals surface area (Å²) in [5.74, 6) is 2.19. The van der Waals surface area contributed by atoms with Crippen LogP contribution in [0.4, 0.5) is 0 Å². The molecule has 2 unspecified atom stereocenters. The van der Waals surface area contributed by atoms with Gasteiger partial charge in [0, 0.05) is 28.3 Å². The molecule has 0 aliphatic carbocycles. The average molecular weight is 191 g/mol. The minimum atomic E-state index is -0.692. The van der Waals surface area contributed by atoms with Crippen LogP contribution in [0.5, 0.6) is 0 Å². The van der Waals surface area contributed by atoms with Crippen LogP contribution in [0.25, 0.3) is 0 Å². The molecule has 0 bridgehead atoms. The normalized spacial score (nSPS) is 16.4. The molecule has 0 rings (SSSR count). The van der Waals surface area contributed by atoms with E-state index in [1.165, 1.54) is 6.42 Å². The van der Waals surface area contributed by atoms with Crippen molar-refractivity contribution < 1.29 is 4.21 Å². The molecule has 0 aromatic carbocycles. The van der Waals surface area contributed by atoms with Crippen LogP contribution < -0.4 is 5.73 Å². The van der Waals surface area contributed by atoms with E-state index in [2.05, 4.69) is 13.8 Å². The molecule has 0 spiro atoms. The molecule has 0 aliphatic rings. The van der Waals surface area contributed by atoms with Crippen molar-refractivity contribution in [3.05, 3.63) is 0 Å². The van der Waals surface area contributed by atoms with Crippen LogP contribution in [0.15, 0.2) is 0 Å². The zero-order valence-corrected chi connectivity index (χ0v) is 9.19. The highest BCUT2D eigenvalue weighted by Crippen LogP contribution is 2.04. The highest BCUT2D eigenvalue weighted by atomic mass is 32.2. The summed E-state index contributed by atoms with van der Waals surface area (Å²) in [6.07, 6.45) is 2.24. The van der Waals surface area contributed by atoms with Gasteiger partial charge in [0.15, 0.2) is 0 Å². The van der Waals surface area contributed by atoms with Gasteiger partial charge in [-0.1, -0.05) is 20.3 Å². The van der Waals surface area contributed by atoms with Crippen LogP contribution in [0.1, 0.15) is 33.6 Å². The summed E-state index contributed by atoms with van der Waals surface area (Å²) >= 11 is 0. The van der Waals surface area contributed by atoms with E-state index in [4.69, 9.17) is 5.73 Å². The minimum absolute atomic E-state index is 0.0740. The van der Waals surface area contributed by atoms with E-state index in [9.17, 15) is 4.21 Å². The summed E-state index contributed by atoms with van der Waals surface area (Å²) in [7, 11) is -0.692. The van der Waals surface area contributed by atoms with Gasteiger partial charge in [0.05, 0.1) is 0 Å². The first-order valence-electron chi connectivity index (χ1n) is 4.63. The molecule has 0 fully saturated rings. The third-order valence-electron chi connectivity index (χ3n) is 1.60. The second-order valence-electron chi connectivity index (χ2n) is 3.82. The monoisotopic (exact) mass is 191 g/mol. The largest absolute Gasteiger partial charge is 0.327 e. The molecule has 0 radical (unpaired) electrons. The second-order valence-corrected chi connectivity index (χ2v) is 5.45. The summed E-state index contributed by atoms with van der Waals surface area (Å²) in [5, 5.41) is 0. The van der Waals surface area contributed by atoms with Gasteiger partial charge in [-0.3, -0.25) is 4.21 Å².